The normalized spacial score (nSPS) is 28.8. The summed E-state index contributed by atoms with van der Waals surface area (Å²) in [5.74, 6) is 2.84. The van der Waals surface area contributed by atoms with Gasteiger partial charge in [0, 0.05) is 33.9 Å². The summed E-state index contributed by atoms with van der Waals surface area (Å²) < 4.78 is 0. The zero-order valence-electron chi connectivity index (χ0n) is 22.2. The Labute approximate surface area is 225 Å². The van der Waals surface area contributed by atoms with Crippen LogP contribution in [0, 0.1) is 29.1 Å². The maximum Gasteiger partial charge on any atom is 0.230 e. The van der Waals surface area contributed by atoms with E-state index in [9.17, 15) is 9.59 Å². The van der Waals surface area contributed by atoms with Crippen molar-refractivity contribution in [2.24, 2.45) is 29.1 Å². The molecule has 0 unspecified atom stereocenters. The van der Waals surface area contributed by atoms with Gasteiger partial charge in [-0.25, -0.2) is 0 Å². The number of hydrogen-bond donors (Lipinski definition) is 3. The zero-order chi connectivity index (χ0) is 25.7. The molecule has 0 spiro atoms. The number of benzene rings is 2. The molecule has 5 nitrogen and oxygen atoms in total. The fourth-order valence-electron chi connectivity index (χ4n) is 8.54. The van der Waals surface area contributed by atoms with E-state index in [1.807, 2.05) is 24.3 Å². The van der Waals surface area contributed by atoms with E-state index in [0.29, 0.717) is 0 Å². The van der Waals surface area contributed by atoms with Crippen molar-refractivity contribution in [2.45, 2.75) is 77.0 Å². The Morgan fingerprint density at radius 3 is 2.03 bits per heavy atom. The molecule has 1 heterocycles. The summed E-state index contributed by atoms with van der Waals surface area (Å²) >= 11 is 0. The lowest BCUT2D eigenvalue weighted by Crippen LogP contribution is -2.51. The molecule has 2 aromatic carbocycles. The third-order valence-corrected chi connectivity index (χ3v) is 10.1. The summed E-state index contributed by atoms with van der Waals surface area (Å²) in [6, 6.07) is 16.4. The molecule has 1 aromatic heterocycles. The second-order valence-corrected chi connectivity index (χ2v) is 12.9. The van der Waals surface area contributed by atoms with Crippen LogP contribution in [-0.2, 0) is 9.59 Å². The van der Waals surface area contributed by atoms with Crippen molar-refractivity contribution in [1.29, 1.82) is 0 Å². The molecule has 0 atom stereocenters. The fourth-order valence-corrected chi connectivity index (χ4v) is 8.54. The summed E-state index contributed by atoms with van der Waals surface area (Å²) in [7, 11) is 0. The number of hydrogen-bond acceptors (Lipinski definition) is 2. The Morgan fingerprint density at radius 2 is 1.37 bits per heavy atom. The molecule has 5 aliphatic carbocycles. The predicted octanol–water partition coefficient (Wildman–Crippen LogP) is 7.90. The summed E-state index contributed by atoms with van der Waals surface area (Å²) in [6.45, 7) is 0. The molecule has 38 heavy (non-hydrogen) atoms. The van der Waals surface area contributed by atoms with Crippen LogP contribution in [0.2, 0.25) is 0 Å². The van der Waals surface area contributed by atoms with Crippen LogP contribution in [0.15, 0.2) is 48.5 Å². The molecule has 5 heteroatoms. The van der Waals surface area contributed by atoms with Crippen LogP contribution in [-0.4, -0.2) is 16.8 Å². The second-order valence-electron chi connectivity index (χ2n) is 12.9. The number of amides is 2. The van der Waals surface area contributed by atoms with Gasteiger partial charge in [-0.2, -0.15) is 0 Å². The van der Waals surface area contributed by atoms with Gasteiger partial charge in [-0.3, -0.25) is 9.59 Å². The van der Waals surface area contributed by atoms with E-state index in [1.165, 1.54) is 32.1 Å². The average Bonchev–Trinajstić information content (AvgIpc) is 3.12. The van der Waals surface area contributed by atoms with Crippen LogP contribution < -0.4 is 10.6 Å². The largest absolute Gasteiger partial charge is 0.355 e. The number of rotatable bonds is 5. The van der Waals surface area contributed by atoms with Crippen LogP contribution in [0.5, 0.6) is 0 Å². The van der Waals surface area contributed by atoms with Gasteiger partial charge >= 0.3 is 0 Å². The first-order valence-corrected chi connectivity index (χ1v) is 14.9. The van der Waals surface area contributed by atoms with Gasteiger partial charge in [0.25, 0.3) is 0 Å². The maximum absolute atomic E-state index is 13.4. The molecule has 4 bridgehead atoms. The lowest BCUT2D eigenvalue weighted by atomic mass is 9.49. The van der Waals surface area contributed by atoms with Crippen molar-refractivity contribution in [3.8, 4) is 11.3 Å². The molecule has 0 radical (unpaired) electrons. The molecule has 8 rings (SSSR count). The number of nitrogens with one attached hydrogen (secondary N) is 3. The van der Waals surface area contributed by atoms with E-state index in [-0.39, 0.29) is 23.1 Å². The number of fused-ring (bicyclic) bond motifs is 1. The molecule has 5 aliphatic rings. The van der Waals surface area contributed by atoms with E-state index in [0.717, 1.165) is 96.2 Å². The van der Waals surface area contributed by atoms with Crippen molar-refractivity contribution in [3.63, 3.8) is 0 Å². The molecule has 3 aromatic rings. The van der Waals surface area contributed by atoms with Gasteiger partial charge in [0.2, 0.25) is 11.8 Å². The first-order valence-electron chi connectivity index (χ1n) is 14.9. The molecule has 5 fully saturated rings. The van der Waals surface area contributed by atoms with Crippen LogP contribution in [0.25, 0.3) is 22.2 Å². The number of H-pyrrole nitrogens is 1. The highest BCUT2D eigenvalue weighted by atomic mass is 16.2. The van der Waals surface area contributed by atoms with Crippen molar-refractivity contribution >= 4 is 34.1 Å². The molecule has 0 aliphatic heterocycles. The Morgan fingerprint density at radius 1 is 0.737 bits per heavy atom. The van der Waals surface area contributed by atoms with Gasteiger partial charge in [-0.05, 0) is 111 Å². The van der Waals surface area contributed by atoms with E-state index in [2.05, 4.69) is 39.9 Å². The number of carbonyl (C=O) groups is 2. The molecule has 198 valence electrons. The summed E-state index contributed by atoms with van der Waals surface area (Å²) in [4.78, 5) is 29.8. The van der Waals surface area contributed by atoms with Crippen molar-refractivity contribution in [1.82, 2.24) is 4.98 Å². The lowest BCUT2D eigenvalue weighted by Gasteiger charge is -2.55. The minimum atomic E-state index is -0.131. The molecular formula is C33H39N3O2. The van der Waals surface area contributed by atoms with Gasteiger partial charge in [0.15, 0.2) is 0 Å². The van der Waals surface area contributed by atoms with E-state index < -0.39 is 0 Å². The minimum absolute atomic E-state index is 0.131. The second kappa shape index (κ2) is 9.59. The van der Waals surface area contributed by atoms with Crippen molar-refractivity contribution in [3.05, 3.63) is 48.5 Å². The summed E-state index contributed by atoms with van der Waals surface area (Å²) in [5, 5.41) is 7.51. The number of carbonyl (C=O) groups excluding carboxylic acids is 2. The van der Waals surface area contributed by atoms with Gasteiger partial charge in [-0.1, -0.05) is 37.8 Å². The highest BCUT2D eigenvalue weighted by molar-refractivity contribution is 5.97. The van der Waals surface area contributed by atoms with Gasteiger partial charge < -0.3 is 15.6 Å². The van der Waals surface area contributed by atoms with Gasteiger partial charge in [0.05, 0.1) is 5.41 Å². The van der Waals surface area contributed by atoms with E-state index >= 15 is 0 Å². The third-order valence-electron chi connectivity index (χ3n) is 10.1. The third kappa shape index (κ3) is 4.54. The number of aromatic nitrogens is 1. The average molecular weight is 510 g/mol. The zero-order valence-corrected chi connectivity index (χ0v) is 22.2. The Bertz CT molecular complexity index is 1310. The van der Waals surface area contributed by atoms with Crippen LogP contribution in [0.1, 0.15) is 77.0 Å². The molecule has 3 N–H and O–H groups in total. The molecule has 2 amide bonds. The van der Waals surface area contributed by atoms with Gasteiger partial charge in [0.1, 0.15) is 0 Å². The molecular weight excluding hydrogens is 470 g/mol. The topological polar surface area (TPSA) is 74.0 Å². The van der Waals surface area contributed by atoms with E-state index in [1.54, 1.807) is 0 Å². The lowest BCUT2D eigenvalue weighted by molar-refractivity contribution is -0.140. The maximum atomic E-state index is 13.4. The van der Waals surface area contributed by atoms with Crippen molar-refractivity contribution < 1.29 is 9.59 Å². The first-order chi connectivity index (χ1) is 18.5. The van der Waals surface area contributed by atoms with Crippen molar-refractivity contribution in [2.75, 3.05) is 10.6 Å². The van der Waals surface area contributed by atoms with Crippen LogP contribution in [0.4, 0.5) is 11.4 Å². The van der Waals surface area contributed by atoms with Gasteiger partial charge in [-0.15, -0.1) is 0 Å². The number of aromatic amines is 1. The standard InChI is InChI=1S/C33H39N3O2/c37-31(25-5-3-1-2-4-6-25)34-28-11-12-29-26(16-28)17-30(36-29)24-7-9-27(10-8-24)35-32(38)33-18-21-13-22(19-33)15-23(14-21)20-33/h7-12,16-17,21-23,25,36H,1-6,13-15,18-20H2,(H,34,37)(H,35,38). The predicted molar refractivity (Wildman–Crippen MR) is 153 cm³/mol. The molecule has 0 saturated heterocycles. The Balaban J connectivity index is 1.03. The Hall–Kier alpha value is -3.08. The van der Waals surface area contributed by atoms with Crippen LogP contribution >= 0.6 is 0 Å². The summed E-state index contributed by atoms with van der Waals surface area (Å²) in [5.41, 5.74) is 4.78. The summed E-state index contributed by atoms with van der Waals surface area (Å²) in [6.07, 6.45) is 14.1. The van der Waals surface area contributed by atoms with Crippen LogP contribution in [0.3, 0.4) is 0 Å². The monoisotopic (exact) mass is 509 g/mol. The quantitative estimate of drug-likeness (QED) is 0.306. The minimum Gasteiger partial charge on any atom is -0.355 e. The highest BCUT2D eigenvalue weighted by Crippen LogP contribution is 2.60. The van der Waals surface area contributed by atoms with E-state index in [4.69, 9.17) is 0 Å². The highest BCUT2D eigenvalue weighted by Gasteiger charge is 2.54. The first kappa shape index (κ1) is 24.0. The number of anilines is 2. The smallest absolute Gasteiger partial charge is 0.230 e. The fraction of sp³-hybridized carbons (Fsp3) is 0.515. The Kier molecular flexibility index (Phi) is 6.05. The molecule has 5 saturated carbocycles. The SMILES string of the molecule is O=C(Nc1ccc2[nH]c(-c3ccc(NC(=O)C45CC6CC(CC(C6)C4)C5)cc3)cc2c1)C1CCCCCC1.